The summed E-state index contributed by atoms with van der Waals surface area (Å²) in [5, 5.41) is 19.8. The van der Waals surface area contributed by atoms with Crippen molar-refractivity contribution in [1.82, 2.24) is 4.57 Å². The summed E-state index contributed by atoms with van der Waals surface area (Å²) in [5.41, 5.74) is 9.47. The summed E-state index contributed by atoms with van der Waals surface area (Å²) in [7, 11) is 2.09. The van der Waals surface area contributed by atoms with Gasteiger partial charge in [-0.3, -0.25) is 0 Å². The first-order chi connectivity index (χ1) is 14.8. The molecular formula is C26H29NO4. The van der Waals surface area contributed by atoms with E-state index in [0.29, 0.717) is 12.4 Å². The van der Waals surface area contributed by atoms with Gasteiger partial charge >= 0.3 is 0 Å². The Labute approximate surface area is 182 Å². The molecule has 31 heavy (non-hydrogen) atoms. The third-order valence-electron chi connectivity index (χ3n) is 6.09. The zero-order valence-electron chi connectivity index (χ0n) is 18.5. The molecule has 1 atom stereocenters. The molecule has 1 aromatic heterocycles. The van der Waals surface area contributed by atoms with Crippen molar-refractivity contribution in [1.29, 1.82) is 0 Å². The Balaban J connectivity index is 1.90. The number of ether oxygens (including phenoxy) is 2. The molecule has 3 aromatic rings. The lowest BCUT2D eigenvalue weighted by Crippen LogP contribution is -2.29. The number of fused-ring (bicyclic) bond motifs is 4. The fourth-order valence-electron chi connectivity index (χ4n) is 4.70. The van der Waals surface area contributed by atoms with Crippen LogP contribution >= 0.6 is 0 Å². The third kappa shape index (κ3) is 3.35. The molecule has 1 unspecified atom stereocenters. The number of hydrogen-bond acceptors (Lipinski definition) is 4. The predicted molar refractivity (Wildman–Crippen MR) is 123 cm³/mol. The van der Waals surface area contributed by atoms with Gasteiger partial charge in [-0.15, -0.1) is 5.73 Å². The van der Waals surface area contributed by atoms with Gasteiger partial charge in [0.15, 0.2) is 0 Å². The number of aliphatic hydroxyl groups excluding tert-OH is 2. The summed E-state index contributed by atoms with van der Waals surface area (Å²) in [6.45, 7) is 10.7. The fourth-order valence-corrected chi connectivity index (χ4v) is 4.70. The van der Waals surface area contributed by atoms with Crippen molar-refractivity contribution < 1.29 is 19.7 Å². The predicted octanol–water partition coefficient (Wildman–Crippen LogP) is 4.16. The molecule has 0 amide bonds. The maximum Gasteiger partial charge on any atom is 0.121 e. The Morgan fingerprint density at radius 1 is 1.13 bits per heavy atom. The molecule has 0 spiro atoms. The monoisotopic (exact) mass is 419 g/mol. The van der Waals surface area contributed by atoms with Crippen molar-refractivity contribution in [2.75, 3.05) is 19.8 Å². The number of benzene rings is 2. The second-order valence-corrected chi connectivity index (χ2v) is 8.43. The van der Waals surface area contributed by atoms with Gasteiger partial charge < -0.3 is 24.3 Å². The summed E-state index contributed by atoms with van der Waals surface area (Å²) in [4.78, 5) is 0. The fraction of sp³-hybridized carbons (Fsp3) is 0.346. The minimum atomic E-state index is -0.906. The molecule has 2 aromatic carbocycles. The first kappa shape index (κ1) is 21.3. The van der Waals surface area contributed by atoms with Crippen molar-refractivity contribution in [2.45, 2.75) is 32.3 Å². The van der Waals surface area contributed by atoms with E-state index < -0.39 is 6.10 Å². The van der Waals surface area contributed by atoms with Crippen LogP contribution in [0.1, 0.15) is 43.2 Å². The summed E-state index contributed by atoms with van der Waals surface area (Å²) in [6.07, 6.45) is -0.906. The van der Waals surface area contributed by atoms with Crippen LogP contribution in [0.4, 0.5) is 0 Å². The van der Waals surface area contributed by atoms with Crippen LogP contribution in [0.25, 0.3) is 16.5 Å². The second kappa shape index (κ2) is 7.93. The van der Waals surface area contributed by atoms with Crippen molar-refractivity contribution in [2.24, 2.45) is 7.05 Å². The first-order valence-electron chi connectivity index (χ1n) is 10.6. The van der Waals surface area contributed by atoms with Crippen LogP contribution in [0.5, 0.6) is 11.5 Å². The van der Waals surface area contributed by atoms with Crippen LogP contribution in [0, 0.1) is 0 Å². The minimum absolute atomic E-state index is 0.0410. The Morgan fingerprint density at radius 3 is 2.52 bits per heavy atom. The van der Waals surface area contributed by atoms with Crippen molar-refractivity contribution in [3.63, 3.8) is 0 Å². The molecule has 5 heteroatoms. The SMILES string of the molecule is C=C=C1c2ccc(OCC(O)CO)cc2C(C)(C)c2c1c1ccc(OCC)cc1n2C. The molecule has 0 saturated heterocycles. The highest BCUT2D eigenvalue weighted by atomic mass is 16.5. The van der Waals surface area contributed by atoms with Crippen LogP contribution in [0.3, 0.4) is 0 Å². The van der Waals surface area contributed by atoms with E-state index in [1.807, 2.05) is 31.2 Å². The molecule has 1 heterocycles. The van der Waals surface area contributed by atoms with E-state index in [-0.39, 0.29) is 18.6 Å². The molecule has 0 saturated carbocycles. The molecule has 0 aliphatic heterocycles. The van der Waals surface area contributed by atoms with Gasteiger partial charge in [0, 0.05) is 40.7 Å². The van der Waals surface area contributed by atoms with Crippen LogP contribution in [-0.2, 0) is 12.5 Å². The molecule has 162 valence electrons. The number of aryl methyl sites for hydroxylation is 1. The zero-order valence-corrected chi connectivity index (χ0v) is 18.5. The van der Waals surface area contributed by atoms with Gasteiger partial charge in [0.05, 0.1) is 18.7 Å². The highest BCUT2D eigenvalue weighted by Crippen LogP contribution is 2.50. The summed E-state index contributed by atoms with van der Waals surface area (Å²) >= 11 is 0. The smallest absolute Gasteiger partial charge is 0.121 e. The van der Waals surface area contributed by atoms with E-state index in [4.69, 9.17) is 14.6 Å². The maximum atomic E-state index is 9.64. The molecule has 2 N–H and O–H groups in total. The molecule has 1 aliphatic rings. The third-order valence-corrected chi connectivity index (χ3v) is 6.09. The molecular weight excluding hydrogens is 390 g/mol. The van der Waals surface area contributed by atoms with Crippen LogP contribution < -0.4 is 9.47 Å². The molecule has 5 nitrogen and oxygen atoms in total. The molecule has 0 bridgehead atoms. The Kier molecular flexibility index (Phi) is 5.44. The molecule has 0 radical (unpaired) electrons. The normalized spacial score (nSPS) is 15.2. The summed E-state index contributed by atoms with van der Waals surface area (Å²) in [6, 6.07) is 12.2. The summed E-state index contributed by atoms with van der Waals surface area (Å²) in [5.74, 6) is 1.51. The zero-order chi connectivity index (χ0) is 22.3. The van der Waals surface area contributed by atoms with Gasteiger partial charge in [-0.05, 0) is 48.4 Å². The van der Waals surface area contributed by atoms with E-state index in [2.05, 4.69) is 49.9 Å². The number of nitrogens with zero attached hydrogens (tertiary/aromatic N) is 1. The lowest BCUT2D eigenvalue weighted by atomic mass is 9.70. The average Bonchev–Trinajstić information content (AvgIpc) is 3.06. The maximum absolute atomic E-state index is 9.64. The van der Waals surface area contributed by atoms with Crippen LogP contribution in [0.15, 0.2) is 48.7 Å². The number of rotatable bonds is 6. The van der Waals surface area contributed by atoms with Gasteiger partial charge in [0.1, 0.15) is 24.2 Å². The van der Waals surface area contributed by atoms with Crippen LogP contribution in [-0.4, -0.2) is 40.7 Å². The van der Waals surface area contributed by atoms with Gasteiger partial charge in [0.25, 0.3) is 0 Å². The van der Waals surface area contributed by atoms with Gasteiger partial charge in [0.2, 0.25) is 0 Å². The average molecular weight is 420 g/mol. The minimum Gasteiger partial charge on any atom is -0.494 e. The van der Waals surface area contributed by atoms with Crippen LogP contribution in [0.2, 0.25) is 0 Å². The Bertz CT molecular complexity index is 1200. The van der Waals surface area contributed by atoms with E-state index in [1.54, 1.807) is 0 Å². The van der Waals surface area contributed by atoms with E-state index in [1.165, 1.54) is 5.69 Å². The highest BCUT2D eigenvalue weighted by Gasteiger charge is 2.39. The largest absolute Gasteiger partial charge is 0.494 e. The van der Waals surface area contributed by atoms with E-state index >= 15 is 0 Å². The highest BCUT2D eigenvalue weighted by molar-refractivity contribution is 6.02. The number of aromatic nitrogens is 1. The lowest BCUT2D eigenvalue weighted by molar-refractivity contribution is 0.0535. The topological polar surface area (TPSA) is 63.9 Å². The van der Waals surface area contributed by atoms with Gasteiger partial charge in [-0.25, -0.2) is 0 Å². The van der Waals surface area contributed by atoms with E-state index in [0.717, 1.165) is 38.9 Å². The standard InChI is InChI=1S/C26H29NO4/c1-6-19-20-10-8-17(31-15-16(29)14-28)12-22(20)26(3,4)25-24(19)21-11-9-18(30-7-2)13-23(21)27(25)5/h8-13,16,28-29H,1,7,14-15H2,2-5H3. The lowest BCUT2D eigenvalue weighted by Gasteiger charge is -2.35. The Hall–Kier alpha value is -2.98. The quantitative estimate of drug-likeness (QED) is 0.589. The molecule has 0 fully saturated rings. The van der Waals surface area contributed by atoms with Crippen molar-refractivity contribution in [3.8, 4) is 11.5 Å². The van der Waals surface area contributed by atoms with Crippen molar-refractivity contribution in [3.05, 3.63) is 71.1 Å². The van der Waals surface area contributed by atoms with E-state index in [9.17, 15) is 5.11 Å². The summed E-state index contributed by atoms with van der Waals surface area (Å²) < 4.78 is 13.7. The molecule has 1 aliphatic carbocycles. The van der Waals surface area contributed by atoms with Gasteiger partial charge in [-0.2, -0.15) is 0 Å². The molecule has 4 rings (SSSR count). The number of hydrogen-bond donors (Lipinski definition) is 2. The van der Waals surface area contributed by atoms with Crippen molar-refractivity contribution >= 4 is 16.5 Å². The van der Waals surface area contributed by atoms with Gasteiger partial charge in [-0.1, -0.05) is 20.4 Å². The second-order valence-electron chi connectivity index (χ2n) is 8.43. The number of aliphatic hydroxyl groups is 2. The first-order valence-corrected chi connectivity index (χ1v) is 10.6. The Morgan fingerprint density at radius 2 is 1.84 bits per heavy atom.